The molecule has 15 aromatic rings. The number of rotatable bonds is 31. The molecule has 22 heteroatoms. The van der Waals surface area contributed by atoms with Crippen molar-refractivity contribution in [1.29, 1.82) is 0 Å². The smallest absolute Gasteiger partial charge is 0.252 e. The maximum Gasteiger partial charge on any atom is 0.252 e. The second-order valence-corrected chi connectivity index (χ2v) is 32.5. The lowest BCUT2D eigenvalue weighted by molar-refractivity contribution is 0.0944. The van der Waals surface area contributed by atoms with Crippen molar-refractivity contribution < 1.29 is 19.1 Å². The van der Waals surface area contributed by atoms with Gasteiger partial charge in [0.05, 0.1) is 40.4 Å². The van der Waals surface area contributed by atoms with Crippen molar-refractivity contribution >= 4 is 132 Å². The van der Waals surface area contributed by atoms with Gasteiger partial charge in [0.1, 0.15) is 23.2 Å². The molecule has 1 saturated carbocycles. The third-order valence-electron chi connectivity index (χ3n) is 20.4. The molecule has 0 radical (unpaired) electrons. The number of ether oxygens (including phenoxy) is 1. The van der Waals surface area contributed by atoms with Gasteiger partial charge in [-0.25, -0.2) is 15.0 Å². The van der Waals surface area contributed by atoms with Gasteiger partial charge in [0, 0.05) is 109 Å². The number of hydrogen-bond donors (Lipinski definition) is 8. The molecular formula is C100H99N15O4S3. The Morgan fingerprint density at radius 1 is 0.402 bits per heavy atom. The molecule has 19 nitrogen and oxygen atoms in total. The summed E-state index contributed by atoms with van der Waals surface area (Å²) in [6, 6.07) is 99.3. The summed E-state index contributed by atoms with van der Waals surface area (Å²) in [4.78, 5) is 75.4. The van der Waals surface area contributed by atoms with Crippen LogP contribution in [-0.4, -0.2) is 80.4 Å². The summed E-state index contributed by atoms with van der Waals surface area (Å²) in [7, 11) is 1.67. The zero-order valence-electron chi connectivity index (χ0n) is 69.2. The van der Waals surface area contributed by atoms with Crippen LogP contribution in [0.2, 0.25) is 0 Å². The van der Waals surface area contributed by atoms with Gasteiger partial charge in [0.2, 0.25) is 17.8 Å². The Balaban J connectivity index is 0.000000151. The lowest BCUT2D eigenvalue weighted by Crippen LogP contribution is -2.23. The van der Waals surface area contributed by atoms with Gasteiger partial charge in [-0.05, 0) is 189 Å². The molecule has 1 aliphatic rings. The average molecular weight is 1670 g/mol. The minimum atomic E-state index is -0.0739. The van der Waals surface area contributed by atoms with Crippen LogP contribution < -0.4 is 52.2 Å². The summed E-state index contributed by atoms with van der Waals surface area (Å²) in [5.74, 6) is 5.13. The number of anilines is 8. The van der Waals surface area contributed by atoms with E-state index in [4.69, 9.17) is 34.6 Å². The molecule has 3 aromatic heterocycles. The zero-order valence-corrected chi connectivity index (χ0v) is 71.7. The molecule has 1 fully saturated rings. The van der Waals surface area contributed by atoms with Gasteiger partial charge in [0.25, 0.3) is 17.7 Å². The predicted molar refractivity (Wildman–Crippen MR) is 501 cm³/mol. The molecule has 0 unspecified atom stereocenters. The molecule has 3 amide bonds. The van der Waals surface area contributed by atoms with Crippen LogP contribution in [0.3, 0.4) is 0 Å². The third kappa shape index (κ3) is 22.2. The molecular weight excluding hydrogens is 1570 g/mol. The molecule has 616 valence electrons. The highest BCUT2D eigenvalue weighted by Gasteiger charge is 2.23. The lowest BCUT2D eigenvalue weighted by Gasteiger charge is -2.26. The molecule has 0 aliphatic heterocycles. The molecule has 16 rings (SSSR count). The maximum absolute atomic E-state index is 12.7. The Hall–Kier alpha value is -13.3. The van der Waals surface area contributed by atoms with E-state index in [9.17, 15) is 14.4 Å². The van der Waals surface area contributed by atoms with Crippen LogP contribution in [0, 0.1) is 0 Å². The van der Waals surface area contributed by atoms with Crippen LogP contribution in [0.4, 0.5) is 46.7 Å². The number of carbonyl (C=O) groups excluding carboxylic acids is 3. The topological polar surface area (TPSA) is 237 Å². The largest absolute Gasteiger partial charge is 0.497 e. The molecule has 0 spiro atoms. The second-order valence-electron chi connectivity index (χ2n) is 29.2. The molecule has 0 bridgehead atoms. The summed E-state index contributed by atoms with van der Waals surface area (Å²) in [6.45, 7) is 14.2. The molecule has 122 heavy (non-hydrogen) atoms. The fourth-order valence-corrected chi connectivity index (χ4v) is 17.5. The van der Waals surface area contributed by atoms with E-state index in [1.807, 2.05) is 215 Å². The van der Waals surface area contributed by atoms with Crippen molar-refractivity contribution in [2.45, 2.75) is 128 Å². The van der Waals surface area contributed by atoms with Gasteiger partial charge >= 0.3 is 0 Å². The average Bonchev–Trinajstić information content (AvgIpc) is 1.08. The van der Waals surface area contributed by atoms with Gasteiger partial charge in [-0.2, -0.15) is 15.0 Å². The summed E-state index contributed by atoms with van der Waals surface area (Å²) >= 11 is 4.77. The van der Waals surface area contributed by atoms with E-state index in [0.717, 1.165) is 119 Å². The number of hydrogen-bond acceptors (Lipinski definition) is 19. The quantitative estimate of drug-likeness (QED) is 0.0202. The molecule has 8 N–H and O–H groups in total. The van der Waals surface area contributed by atoms with E-state index in [-0.39, 0.29) is 17.7 Å². The van der Waals surface area contributed by atoms with Gasteiger partial charge in [-0.15, -0.1) is 0 Å². The standard InChI is InChI=1S/C38H35N5O2S.C33H33N5OS.C29H31N5OS/c1-3-39-37(44)32-17-9-12-20-35(32)46-34-19-11-7-15-28(34)25-40-38-41-33-18-10-8-16-31(33)36(42-38)43(26-27-13-5-4-6-14-27)29-21-23-30(45-2)24-22-29;1-4-34-32(39)26-16-8-12-20-30(26)40-29-19-11-5-13-23(29)21-35-33-37-28-18-10-7-15-25(28)31(38-33)36-27-17-9-6-14-24(27)22(2)3;1-2-30-28(35)23-15-7-10-18-26(23)36-25-17-9-3-11-20(25)19-31-29-33-24-16-8-6-14-22(24)27(34-29)32-21-12-4-5-13-21/h4-24H,3,25-26H2,1-2H3,(H,39,44)(H,40,41,42);5-20,22H,4,21H2,1-3H3,(H,34,39)(H2,35,36,37,38);3,6-11,14-18,21H,2,4-5,12-13,19H2,1H3,(H,30,35)(H2,31,32,33,34). The van der Waals surface area contributed by atoms with E-state index < -0.39 is 0 Å². The van der Waals surface area contributed by atoms with Crippen LogP contribution in [0.5, 0.6) is 5.75 Å². The normalized spacial score (nSPS) is 11.7. The van der Waals surface area contributed by atoms with E-state index in [2.05, 4.69) is 164 Å². The fourth-order valence-electron chi connectivity index (χ4n) is 14.3. The first-order valence-corrected chi connectivity index (χ1v) is 43.8. The summed E-state index contributed by atoms with van der Waals surface area (Å²) < 4.78 is 5.44. The lowest BCUT2D eigenvalue weighted by atomic mass is 10.0. The fraction of sp³-hybridized carbons (Fsp3) is 0.190. The van der Waals surface area contributed by atoms with Crippen molar-refractivity contribution in [3.63, 3.8) is 0 Å². The van der Waals surface area contributed by atoms with Crippen molar-refractivity contribution in [3.05, 3.63) is 342 Å². The number of benzene rings is 12. The van der Waals surface area contributed by atoms with Crippen LogP contribution in [0.25, 0.3) is 32.7 Å². The molecule has 12 aromatic carbocycles. The van der Waals surface area contributed by atoms with E-state index in [1.165, 1.54) is 31.2 Å². The Bertz CT molecular complexity index is 6080. The number of methoxy groups -OCH3 is 1. The number of nitrogens with zero attached hydrogens (tertiary/aromatic N) is 7. The summed E-state index contributed by atoms with van der Waals surface area (Å²) in [6.07, 6.45) is 4.90. The van der Waals surface area contributed by atoms with Gasteiger partial charge in [-0.1, -0.05) is 238 Å². The molecule has 0 atom stereocenters. The SMILES string of the molecule is CCNC(=O)c1ccccc1Sc1ccccc1CNc1nc(N(Cc2ccccc2)c2ccc(OC)cc2)c2ccccc2n1.CCNC(=O)c1ccccc1Sc1ccccc1CNc1nc(NC2CCCC2)c2ccccc2n1.CCNC(=O)c1ccccc1Sc1ccccc1CNc1nc(Nc2ccccc2C(C)C)c2ccccc2n1. The number of amides is 3. The first-order valence-electron chi connectivity index (χ1n) is 41.4. The van der Waals surface area contributed by atoms with Gasteiger partial charge in [0.15, 0.2) is 0 Å². The Labute approximate surface area is 726 Å². The third-order valence-corrected chi connectivity index (χ3v) is 24.0. The summed E-state index contributed by atoms with van der Waals surface area (Å²) in [5.41, 5.74) is 12.4. The zero-order chi connectivity index (χ0) is 84.4. The van der Waals surface area contributed by atoms with E-state index >= 15 is 0 Å². The minimum Gasteiger partial charge on any atom is -0.497 e. The number of fused-ring (bicyclic) bond motifs is 3. The molecule has 3 heterocycles. The Morgan fingerprint density at radius 2 is 0.779 bits per heavy atom. The monoisotopic (exact) mass is 1670 g/mol. The summed E-state index contributed by atoms with van der Waals surface area (Å²) in [5, 5.41) is 29.3. The predicted octanol–water partition coefficient (Wildman–Crippen LogP) is 23.0. The number of para-hydroxylation sites is 4. The highest BCUT2D eigenvalue weighted by atomic mass is 32.2. The van der Waals surface area contributed by atoms with Crippen LogP contribution in [-0.2, 0) is 26.2 Å². The van der Waals surface area contributed by atoms with Gasteiger partial charge in [-0.3, -0.25) is 14.4 Å². The number of nitrogens with one attached hydrogen (secondary N) is 8. The minimum absolute atomic E-state index is 0.0527. The van der Waals surface area contributed by atoms with Crippen molar-refractivity contribution in [2.24, 2.45) is 0 Å². The van der Waals surface area contributed by atoms with E-state index in [0.29, 0.717) is 92.3 Å². The molecule has 0 saturated heterocycles. The van der Waals surface area contributed by atoms with Crippen molar-refractivity contribution in [3.8, 4) is 5.75 Å². The van der Waals surface area contributed by atoms with E-state index in [1.54, 1.807) is 42.4 Å². The first kappa shape index (κ1) is 85.1. The van der Waals surface area contributed by atoms with Crippen LogP contribution in [0.15, 0.2) is 327 Å². The Kier molecular flexibility index (Phi) is 29.7. The Morgan fingerprint density at radius 3 is 1.24 bits per heavy atom. The van der Waals surface area contributed by atoms with Gasteiger partial charge < -0.3 is 52.2 Å². The second kappa shape index (κ2) is 42.6. The number of carbonyl (C=O) groups is 3. The highest BCUT2D eigenvalue weighted by Crippen LogP contribution is 2.40. The van der Waals surface area contributed by atoms with Crippen LogP contribution in [0.1, 0.15) is 125 Å². The van der Waals surface area contributed by atoms with Crippen LogP contribution >= 0.6 is 35.3 Å². The van der Waals surface area contributed by atoms with Crippen molar-refractivity contribution in [2.75, 3.05) is 58.2 Å². The highest BCUT2D eigenvalue weighted by molar-refractivity contribution is 8.00. The van der Waals surface area contributed by atoms with Crippen molar-refractivity contribution in [1.82, 2.24) is 45.9 Å². The first-order chi connectivity index (χ1) is 59.9. The number of aromatic nitrogens is 6. The molecule has 1 aliphatic carbocycles. The maximum atomic E-state index is 12.7.